The van der Waals surface area contributed by atoms with Crippen LogP contribution in [-0.4, -0.2) is 34.4 Å². The summed E-state index contributed by atoms with van der Waals surface area (Å²) in [6.07, 6.45) is 3.08. The van der Waals surface area contributed by atoms with Crippen LogP contribution in [0.3, 0.4) is 0 Å². The molecule has 0 saturated heterocycles. The van der Waals surface area contributed by atoms with Gasteiger partial charge in [-0.3, -0.25) is 0 Å². The zero-order chi connectivity index (χ0) is 13.1. The van der Waals surface area contributed by atoms with Gasteiger partial charge in [-0.1, -0.05) is 12.8 Å². The predicted octanol–water partition coefficient (Wildman–Crippen LogP) is 1.97. The molecule has 3 N–H and O–H groups in total. The Hall–Kier alpha value is -0.593. The van der Waals surface area contributed by atoms with Crippen LogP contribution < -0.4 is 11.1 Å². The molecule has 6 heteroatoms. The van der Waals surface area contributed by atoms with Crippen molar-refractivity contribution in [2.75, 3.05) is 19.8 Å². The molecule has 17 heavy (non-hydrogen) atoms. The molecule has 0 spiro atoms. The van der Waals surface area contributed by atoms with Crippen molar-refractivity contribution in [3.63, 3.8) is 0 Å². The molecule has 0 fully saturated rings. The average Bonchev–Trinajstić information content (AvgIpc) is 2.23. The lowest BCUT2D eigenvalue weighted by Crippen LogP contribution is -2.38. The van der Waals surface area contributed by atoms with Crippen LogP contribution in [0.2, 0.25) is 12.6 Å². The van der Waals surface area contributed by atoms with Crippen LogP contribution >= 0.6 is 0 Å². The maximum Gasteiger partial charge on any atom is 0.334 e. The van der Waals surface area contributed by atoms with Crippen LogP contribution in [0.1, 0.15) is 33.1 Å². The summed E-state index contributed by atoms with van der Waals surface area (Å²) in [6.45, 7) is 8.19. The second-order valence-corrected chi connectivity index (χ2v) is 7.45. The molecular formula is C11H26N2O3Si. The van der Waals surface area contributed by atoms with E-state index in [-0.39, 0.29) is 0 Å². The number of unbranched alkanes of at least 4 members (excludes halogenated alkanes) is 2. The second kappa shape index (κ2) is 9.44. The number of hydrogen-bond donors (Lipinski definition) is 2. The van der Waals surface area contributed by atoms with Crippen LogP contribution in [0.15, 0.2) is 0 Å². The monoisotopic (exact) mass is 262 g/mol. The molecule has 0 radical (unpaired) electrons. The lowest BCUT2D eigenvalue weighted by Gasteiger charge is -2.25. The summed E-state index contributed by atoms with van der Waals surface area (Å²) in [5, 5.41) is 2.58. The van der Waals surface area contributed by atoms with E-state index in [0.717, 1.165) is 25.3 Å². The van der Waals surface area contributed by atoms with E-state index < -0.39 is 14.6 Å². The molecule has 102 valence electrons. The Labute approximate surface area is 105 Å². The van der Waals surface area contributed by atoms with Gasteiger partial charge in [-0.05, 0) is 32.9 Å². The van der Waals surface area contributed by atoms with Gasteiger partial charge in [0, 0.05) is 19.8 Å². The SMILES string of the molecule is CCO[Si](C)(CCCCCNC(N)=O)OCC. The Morgan fingerprint density at radius 1 is 1.18 bits per heavy atom. The standard InChI is InChI=1S/C11H26N2O3Si/c1-4-15-17(3,16-5-2)10-8-6-7-9-13-11(12)14/h4-10H2,1-3H3,(H3,12,13,14). The molecule has 0 aliphatic heterocycles. The molecular weight excluding hydrogens is 236 g/mol. The number of urea groups is 1. The van der Waals surface area contributed by atoms with Crippen LogP contribution in [0.4, 0.5) is 4.79 Å². The highest BCUT2D eigenvalue weighted by Gasteiger charge is 2.29. The van der Waals surface area contributed by atoms with E-state index >= 15 is 0 Å². The van der Waals surface area contributed by atoms with E-state index in [4.69, 9.17) is 14.6 Å². The number of nitrogens with two attached hydrogens (primary N) is 1. The Morgan fingerprint density at radius 2 is 1.76 bits per heavy atom. The summed E-state index contributed by atoms with van der Waals surface area (Å²) < 4.78 is 11.5. The van der Waals surface area contributed by atoms with Crippen molar-refractivity contribution in [1.82, 2.24) is 5.32 Å². The number of nitrogens with one attached hydrogen (secondary N) is 1. The average molecular weight is 262 g/mol. The molecule has 0 unspecified atom stereocenters. The molecule has 0 heterocycles. The first-order valence-electron chi connectivity index (χ1n) is 6.35. The quantitative estimate of drug-likeness (QED) is 0.467. The maximum atomic E-state index is 10.4. The lowest BCUT2D eigenvalue weighted by atomic mass is 10.2. The largest absolute Gasteiger partial charge is 0.395 e. The van der Waals surface area contributed by atoms with E-state index in [1.54, 1.807) is 0 Å². The van der Waals surface area contributed by atoms with Gasteiger partial charge < -0.3 is 19.9 Å². The fraction of sp³-hybridized carbons (Fsp3) is 0.909. The van der Waals surface area contributed by atoms with Crippen molar-refractivity contribution in [2.24, 2.45) is 5.73 Å². The first-order chi connectivity index (χ1) is 8.04. The third-order valence-corrected chi connectivity index (χ3v) is 5.57. The third kappa shape index (κ3) is 9.14. The van der Waals surface area contributed by atoms with Gasteiger partial charge in [-0.2, -0.15) is 0 Å². The number of carbonyl (C=O) groups is 1. The van der Waals surface area contributed by atoms with E-state index in [1.807, 2.05) is 13.8 Å². The molecule has 0 aliphatic rings. The van der Waals surface area contributed by atoms with Gasteiger partial charge in [0.2, 0.25) is 0 Å². The molecule has 0 aliphatic carbocycles. The third-order valence-electron chi connectivity index (χ3n) is 2.51. The minimum absolute atomic E-state index is 0.451. The van der Waals surface area contributed by atoms with Gasteiger partial charge in [0.15, 0.2) is 0 Å². The fourth-order valence-corrected chi connectivity index (χ4v) is 4.24. The minimum atomic E-state index is -1.94. The fourth-order valence-electron chi connectivity index (χ4n) is 1.76. The molecule has 2 amide bonds. The van der Waals surface area contributed by atoms with Crippen molar-refractivity contribution in [3.05, 3.63) is 0 Å². The van der Waals surface area contributed by atoms with E-state index in [9.17, 15) is 4.79 Å². The Balaban J connectivity index is 3.64. The number of amides is 2. The van der Waals surface area contributed by atoms with Crippen LogP contribution in [0, 0.1) is 0 Å². The zero-order valence-corrected chi connectivity index (χ0v) is 12.3. The zero-order valence-electron chi connectivity index (χ0n) is 11.3. The highest BCUT2D eigenvalue weighted by Crippen LogP contribution is 2.17. The van der Waals surface area contributed by atoms with Gasteiger partial charge in [0.05, 0.1) is 0 Å². The van der Waals surface area contributed by atoms with Gasteiger partial charge in [-0.25, -0.2) is 4.79 Å². The Bertz CT molecular complexity index is 209. The van der Waals surface area contributed by atoms with E-state index in [1.165, 1.54) is 0 Å². The van der Waals surface area contributed by atoms with Gasteiger partial charge in [0.1, 0.15) is 0 Å². The number of primary amides is 1. The van der Waals surface area contributed by atoms with Crippen LogP contribution in [-0.2, 0) is 8.85 Å². The van der Waals surface area contributed by atoms with Crippen molar-refractivity contribution in [1.29, 1.82) is 0 Å². The Morgan fingerprint density at radius 3 is 2.24 bits per heavy atom. The summed E-state index contributed by atoms with van der Waals surface area (Å²) in [7, 11) is -1.94. The second-order valence-electron chi connectivity index (χ2n) is 4.10. The summed E-state index contributed by atoms with van der Waals surface area (Å²) in [4.78, 5) is 10.4. The van der Waals surface area contributed by atoms with Gasteiger partial charge in [-0.15, -0.1) is 0 Å². The van der Waals surface area contributed by atoms with Crippen molar-refractivity contribution >= 4 is 14.6 Å². The summed E-state index contributed by atoms with van der Waals surface area (Å²) in [5.41, 5.74) is 4.97. The van der Waals surface area contributed by atoms with E-state index in [0.29, 0.717) is 19.8 Å². The Kier molecular flexibility index (Phi) is 9.11. The van der Waals surface area contributed by atoms with Crippen LogP contribution in [0.5, 0.6) is 0 Å². The molecule has 0 rings (SSSR count). The van der Waals surface area contributed by atoms with Gasteiger partial charge >= 0.3 is 14.6 Å². The lowest BCUT2D eigenvalue weighted by molar-refractivity contribution is 0.188. The summed E-state index contributed by atoms with van der Waals surface area (Å²) in [5.74, 6) is 0. The molecule has 0 aromatic carbocycles. The maximum absolute atomic E-state index is 10.4. The summed E-state index contributed by atoms with van der Waals surface area (Å²) >= 11 is 0. The molecule has 0 aromatic rings. The first kappa shape index (κ1) is 16.4. The molecule has 5 nitrogen and oxygen atoms in total. The molecule has 0 aromatic heterocycles. The van der Waals surface area contributed by atoms with Crippen molar-refractivity contribution in [2.45, 2.75) is 45.7 Å². The topological polar surface area (TPSA) is 73.6 Å². The number of carbonyl (C=O) groups excluding carboxylic acids is 1. The number of rotatable bonds is 10. The van der Waals surface area contributed by atoms with Gasteiger partial charge in [0.25, 0.3) is 0 Å². The summed E-state index contributed by atoms with van der Waals surface area (Å²) in [6, 6.07) is 0.554. The minimum Gasteiger partial charge on any atom is -0.395 e. The van der Waals surface area contributed by atoms with Crippen molar-refractivity contribution in [3.8, 4) is 0 Å². The molecule has 0 saturated carbocycles. The molecule has 0 bridgehead atoms. The normalized spacial score (nSPS) is 11.5. The first-order valence-corrected chi connectivity index (χ1v) is 8.87. The smallest absolute Gasteiger partial charge is 0.334 e. The highest BCUT2D eigenvalue weighted by atomic mass is 28.4. The van der Waals surface area contributed by atoms with Crippen LogP contribution in [0.25, 0.3) is 0 Å². The number of hydrogen-bond acceptors (Lipinski definition) is 3. The molecule has 0 atom stereocenters. The predicted molar refractivity (Wildman–Crippen MR) is 71.1 cm³/mol. The van der Waals surface area contributed by atoms with E-state index in [2.05, 4.69) is 11.9 Å². The van der Waals surface area contributed by atoms with Crippen molar-refractivity contribution < 1.29 is 13.6 Å². The highest BCUT2D eigenvalue weighted by molar-refractivity contribution is 6.66.